The molecule has 1 heterocycles. The Hall–Kier alpha value is -2.46. The number of carbonyl (C=O) groups excluding carboxylic acids is 1. The molecule has 1 fully saturated rings. The Morgan fingerprint density at radius 3 is 2.35 bits per heavy atom. The number of rotatable bonds is 5. The van der Waals surface area contributed by atoms with Gasteiger partial charge in [0.05, 0.1) is 18.3 Å². The first-order valence-corrected chi connectivity index (χ1v) is 11.7. The Labute approximate surface area is 186 Å². The van der Waals surface area contributed by atoms with Gasteiger partial charge in [0.25, 0.3) is 5.91 Å². The summed E-state index contributed by atoms with van der Waals surface area (Å²) < 4.78 is 0. The molecule has 0 radical (unpaired) electrons. The van der Waals surface area contributed by atoms with Crippen LogP contribution in [-0.2, 0) is 4.79 Å². The second-order valence-electron chi connectivity index (χ2n) is 9.44. The summed E-state index contributed by atoms with van der Waals surface area (Å²) >= 11 is 0. The maximum atomic E-state index is 13.4. The second-order valence-corrected chi connectivity index (χ2v) is 9.44. The lowest BCUT2D eigenvalue weighted by Crippen LogP contribution is -2.41. The van der Waals surface area contributed by atoms with Crippen molar-refractivity contribution in [2.75, 3.05) is 13.6 Å². The van der Waals surface area contributed by atoms with Crippen LogP contribution in [0, 0.1) is 20.8 Å². The van der Waals surface area contributed by atoms with E-state index in [0.29, 0.717) is 12.6 Å². The molecule has 1 amide bonds. The lowest BCUT2D eigenvalue weighted by atomic mass is 9.94. The number of aryl methyl sites for hydroxylation is 3. The van der Waals surface area contributed by atoms with E-state index >= 15 is 0 Å². The van der Waals surface area contributed by atoms with E-state index in [4.69, 9.17) is 5.10 Å². The van der Waals surface area contributed by atoms with Gasteiger partial charge in [-0.1, -0.05) is 72.9 Å². The second kappa shape index (κ2) is 9.35. The van der Waals surface area contributed by atoms with E-state index in [9.17, 15) is 4.79 Å². The predicted octanol–water partition coefficient (Wildman–Crippen LogP) is 5.55. The van der Waals surface area contributed by atoms with Gasteiger partial charge in [0.15, 0.2) is 0 Å². The number of hydrazone groups is 1. The average Bonchev–Trinajstić information content (AvgIpc) is 3.20. The molecule has 0 spiro atoms. The van der Waals surface area contributed by atoms with Gasteiger partial charge in [0, 0.05) is 18.0 Å². The maximum Gasteiger partial charge on any atom is 0.257 e. The summed E-state index contributed by atoms with van der Waals surface area (Å²) in [6.07, 6.45) is 7.02. The molecule has 2 aliphatic rings. The number of benzene rings is 2. The fourth-order valence-electron chi connectivity index (χ4n) is 5.03. The summed E-state index contributed by atoms with van der Waals surface area (Å²) in [6.45, 7) is 6.76. The highest BCUT2D eigenvalue weighted by molar-refractivity contribution is 6.04. The Kier molecular flexibility index (Phi) is 6.57. The molecule has 0 unspecified atom stereocenters. The van der Waals surface area contributed by atoms with Crippen LogP contribution < -0.4 is 0 Å². The first-order valence-electron chi connectivity index (χ1n) is 11.7. The van der Waals surface area contributed by atoms with E-state index < -0.39 is 0 Å². The summed E-state index contributed by atoms with van der Waals surface area (Å²) in [4.78, 5) is 15.7. The summed E-state index contributed by atoms with van der Waals surface area (Å²) in [5.41, 5.74) is 7.01. The Balaban J connectivity index is 1.60. The summed E-state index contributed by atoms with van der Waals surface area (Å²) in [6, 6.07) is 15.5. The lowest BCUT2D eigenvalue weighted by Gasteiger charge is -2.32. The van der Waals surface area contributed by atoms with Crippen LogP contribution in [0.15, 0.2) is 47.6 Å². The molecular formula is C27H35N3O. The molecule has 0 saturated heterocycles. The van der Waals surface area contributed by atoms with Gasteiger partial charge in [0.2, 0.25) is 0 Å². The van der Waals surface area contributed by atoms with Crippen LogP contribution in [0.1, 0.15) is 72.4 Å². The van der Waals surface area contributed by atoms with Crippen LogP contribution in [0.4, 0.5) is 0 Å². The van der Waals surface area contributed by atoms with Crippen molar-refractivity contribution < 1.29 is 4.79 Å². The zero-order chi connectivity index (χ0) is 22.0. The van der Waals surface area contributed by atoms with Crippen LogP contribution in [0.2, 0.25) is 0 Å². The molecular weight excluding hydrogens is 382 g/mol. The fraction of sp³-hybridized carbons (Fsp3) is 0.481. The molecule has 1 saturated carbocycles. The molecule has 4 heteroatoms. The zero-order valence-electron chi connectivity index (χ0n) is 19.4. The molecule has 1 atom stereocenters. The highest BCUT2D eigenvalue weighted by Gasteiger charge is 2.34. The molecule has 4 rings (SSSR count). The molecule has 0 N–H and O–H groups in total. The molecule has 1 aliphatic carbocycles. The maximum absolute atomic E-state index is 13.4. The first kappa shape index (κ1) is 21.8. The van der Waals surface area contributed by atoms with Gasteiger partial charge in [-0.2, -0.15) is 5.10 Å². The lowest BCUT2D eigenvalue weighted by molar-refractivity contribution is -0.134. The van der Waals surface area contributed by atoms with Crippen molar-refractivity contribution in [3.8, 4) is 0 Å². The molecule has 0 aromatic heterocycles. The number of carbonyl (C=O) groups is 1. The van der Waals surface area contributed by atoms with Gasteiger partial charge in [-0.3, -0.25) is 9.69 Å². The minimum Gasteiger partial charge on any atom is -0.295 e. The minimum absolute atomic E-state index is 0.0384. The minimum atomic E-state index is -0.0384. The SMILES string of the molecule is Cc1ccc([C@@H]2CC(c3ccc(C)cc3C)=NN2C(=O)CN(C)C2CCCCC2)cc1. The Morgan fingerprint density at radius 1 is 1.00 bits per heavy atom. The van der Waals surface area contributed by atoms with Crippen molar-refractivity contribution in [3.05, 3.63) is 70.3 Å². The van der Waals surface area contributed by atoms with Crippen molar-refractivity contribution in [1.29, 1.82) is 0 Å². The van der Waals surface area contributed by atoms with Crippen molar-refractivity contribution in [2.24, 2.45) is 5.10 Å². The van der Waals surface area contributed by atoms with E-state index in [0.717, 1.165) is 23.3 Å². The topological polar surface area (TPSA) is 35.9 Å². The summed E-state index contributed by atoms with van der Waals surface area (Å²) in [5.74, 6) is 0.0958. The van der Waals surface area contributed by atoms with E-state index in [-0.39, 0.29) is 11.9 Å². The molecule has 2 aromatic carbocycles. The van der Waals surface area contributed by atoms with Crippen LogP contribution in [0.5, 0.6) is 0 Å². The van der Waals surface area contributed by atoms with Crippen LogP contribution in [-0.4, -0.2) is 41.2 Å². The first-order chi connectivity index (χ1) is 14.9. The molecule has 31 heavy (non-hydrogen) atoms. The van der Waals surface area contributed by atoms with E-state index in [1.807, 2.05) is 0 Å². The number of nitrogens with zero attached hydrogens (tertiary/aromatic N) is 3. The third-order valence-electron chi connectivity index (χ3n) is 6.90. The third-order valence-corrected chi connectivity index (χ3v) is 6.90. The Bertz CT molecular complexity index is 957. The smallest absolute Gasteiger partial charge is 0.257 e. The van der Waals surface area contributed by atoms with Crippen LogP contribution in [0.25, 0.3) is 0 Å². The number of hydrogen-bond donors (Lipinski definition) is 0. The van der Waals surface area contributed by atoms with Crippen molar-refractivity contribution >= 4 is 11.6 Å². The average molecular weight is 418 g/mol. The van der Waals surface area contributed by atoms with Crippen LogP contribution in [0.3, 0.4) is 0 Å². The van der Waals surface area contributed by atoms with E-state index in [2.05, 4.69) is 75.2 Å². The Morgan fingerprint density at radius 2 is 1.68 bits per heavy atom. The quantitative estimate of drug-likeness (QED) is 0.639. The molecule has 4 nitrogen and oxygen atoms in total. The monoisotopic (exact) mass is 417 g/mol. The predicted molar refractivity (Wildman–Crippen MR) is 127 cm³/mol. The van der Waals surface area contributed by atoms with Gasteiger partial charge in [-0.15, -0.1) is 0 Å². The molecule has 0 bridgehead atoms. The van der Waals surface area contributed by atoms with Crippen LogP contribution >= 0.6 is 0 Å². The van der Waals surface area contributed by atoms with E-state index in [1.54, 1.807) is 5.01 Å². The molecule has 164 valence electrons. The highest BCUT2D eigenvalue weighted by Crippen LogP contribution is 2.34. The van der Waals surface area contributed by atoms with Gasteiger partial charge >= 0.3 is 0 Å². The largest absolute Gasteiger partial charge is 0.295 e. The van der Waals surface area contributed by atoms with Crippen molar-refractivity contribution in [2.45, 2.75) is 71.4 Å². The number of likely N-dealkylation sites (N-methyl/N-ethyl adjacent to an activating group) is 1. The fourth-order valence-corrected chi connectivity index (χ4v) is 5.03. The van der Waals surface area contributed by atoms with E-state index in [1.165, 1.54) is 48.8 Å². The highest BCUT2D eigenvalue weighted by atomic mass is 16.2. The summed E-state index contributed by atoms with van der Waals surface area (Å²) in [5, 5.41) is 6.66. The van der Waals surface area contributed by atoms with Crippen molar-refractivity contribution in [3.63, 3.8) is 0 Å². The molecule has 1 aliphatic heterocycles. The number of hydrogen-bond acceptors (Lipinski definition) is 3. The molecule has 2 aromatic rings. The van der Waals surface area contributed by atoms with Gasteiger partial charge in [-0.25, -0.2) is 5.01 Å². The third kappa shape index (κ3) is 4.90. The van der Waals surface area contributed by atoms with Crippen molar-refractivity contribution in [1.82, 2.24) is 9.91 Å². The zero-order valence-corrected chi connectivity index (χ0v) is 19.4. The van der Waals surface area contributed by atoms with Gasteiger partial charge in [0.1, 0.15) is 0 Å². The summed E-state index contributed by atoms with van der Waals surface area (Å²) in [7, 11) is 2.10. The normalized spacial score (nSPS) is 19.7. The van der Waals surface area contributed by atoms with Gasteiger partial charge in [-0.05, 0) is 51.8 Å². The standard InChI is InChI=1S/C27H35N3O/c1-19-10-13-22(14-11-19)26-17-25(24-15-12-20(2)16-21(24)3)28-30(26)27(31)18-29(4)23-8-6-5-7-9-23/h10-16,23,26H,5-9,17-18H2,1-4H3/t26-/m0/s1. The van der Waals surface area contributed by atoms with Gasteiger partial charge < -0.3 is 0 Å². The number of amides is 1.